The second-order valence-corrected chi connectivity index (χ2v) is 9.65. The van der Waals surface area contributed by atoms with Gasteiger partial charge in [-0.05, 0) is 44.0 Å². The number of nitro benzene ring substituents is 1. The fraction of sp³-hybridized carbons (Fsp3) is 0.414. The standard InChI is InChI=1S/C29H36N6O4/c1-5-18-33-28(36)26-27(32(29(33)37)19-17-22-13-15-24(16-14-22)35(38)39)30-25(20-23-11-9-8-10-12-23)34(26)21(4)31(6-2)7-3/h8-16,21H,5-7,17-20H2,1-4H3. The summed E-state index contributed by atoms with van der Waals surface area (Å²) >= 11 is 0. The van der Waals surface area contributed by atoms with Crippen molar-refractivity contribution in [3.05, 3.63) is 103 Å². The highest BCUT2D eigenvalue weighted by Gasteiger charge is 2.26. The molecule has 0 fully saturated rings. The average molecular weight is 533 g/mol. The van der Waals surface area contributed by atoms with E-state index in [1.807, 2.05) is 41.8 Å². The number of aryl methyl sites for hydroxylation is 2. The summed E-state index contributed by atoms with van der Waals surface area (Å²) in [5.74, 6) is 0.727. The van der Waals surface area contributed by atoms with Crippen LogP contribution in [0.4, 0.5) is 5.69 Å². The second kappa shape index (κ2) is 12.2. The molecule has 2 aromatic heterocycles. The Hall–Kier alpha value is -4.05. The van der Waals surface area contributed by atoms with Gasteiger partial charge >= 0.3 is 5.69 Å². The molecule has 39 heavy (non-hydrogen) atoms. The Morgan fingerprint density at radius 1 is 0.923 bits per heavy atom. The molecule has 10 nitrogen and oxygen atoms in total. The van der Waals surface area contributed by atoms with E-state index in [9.17, 15) is 19.7 Å². The number of benzene rings is 2. The van der Waals surface area contributed by atoms with Crippen molar-refractivity contribution >= 4 is 16.9 Å². The minimum atomic E-state index is -0.434. The third kappa shape index (κ3) is 5.70. The van der Waals surface area contributed by atoms with Crippen molar-refractivity contribution in [2.45, 2.75) is 66.2 Å². The van der Waals surface area contributed by atoms with Crippen molar-refractivity contribution in [2.24, 2.45) is 0 Å². The van der Waals surface area contributed by atoms with E-state index >= 15 is 0 Å². The first-order valence-corrected chi connectivity index (χ1v) is 13.6. The van der Waals surface area contributed by atoms with Gasteiger partial charge in [0.15, 0.2) is 11.2 Å². The predicted octanol–water partition coefficient (Wildman–Crippen LogP) is 4.37. The van der Waals surface area contributed by atoms with Gasteiger partial charge < -0.3 is 4.57 Å². The fourth-order valence-electron chi connectivity index (χ4n) is 5.17. The second-order valence-electron chi connectivity index (χ2n) is 9.65. The van der Waals surface area contributed by atoms with Gasteiger partial charge in [0, 0.05) is 31.6 Å². The molecule has 2 aromatic carbocycles. The van der Waals surface area contributed by atoms with Crippen LogP contribution in [0.25, 0.3) is 11.2 Å². The van der Waals surface area contributed by atoms with E-state index in [1.165, 1.54) is 16.7 Å². The molecule has 0 saturated carbocycles. The van der Waals surface area contributed by atoms with Gasteiger partial charge in [0.25, 0.3) is 11.2 Å². The van der Waals surface area contributed by atoms with Crippen LogP contribution in [0.3, 0.4) is 0 Å². The summed E-state index contributed by atoms with van der Waals surface area (Å²) in [5.41, 5.74) is 2.03. The van der Waals surface area contributed by atoms with Crippen LogP contribution in [0.2, 0.25) is 0 Å². The van der Waals surface area contributed by atoms with Gasteiger partial charge in [-0.3, -0.25) is 28.9 Å². The highest BCUT2D eigenvalue weighted by atomic mass is 16.6. The molecule has 0 N–H and O–H groups in total. The first-order valence-electron chi connectivity index (χ1n) is 13.6. The number of nitro groups is 1. The molecular formula is C29H36N6O4. The van der Waals surface area contributed by atoms with Crippen LogP contribution < -0.4 is 11.2 Å². The Bertz CT molecular complexity index is 1550. The van der Waals surface area contributed by atoms with Gasteiger partial charge in [0.05, 0.1) is 11.1 Å². The third-order valence-corrected chi connectivity index (χ3v) is 7.27. The van der Waals surface area contributed by atoms with Crippen molar-refractivity contribution in [2.75, 3.05) is 13.1 Å². The maximum Gasteiger partial charge on any atom is 0.332 e. The zero-order valence-electron chi connectivity index (χ0n) is 23.0. The smallest absolute Gasteiger partial charge is 0.306 e. The topological polar surface area (TPSA) is 108 Å². The average Bonchev–Trinajstić information content (AvgIpc) is 3.31. The molecule has 1 unspecified atom stereocenters. The van der Waals surface area contributed by atoms with E-state index in [4.69, 9.17) is 4.98 Å². The van der Waals surface area contributed by atoms with E-state index in [0.29, 0.717) is 43.5 Å². The Morgan fingerprint density at radius 3 is 2.18 bits per heavy atom. The zero-order chi connectivity index (χ0) is 28.1. The maximum atomic E-state index is 13.9. The number of imidazole rings is 1. The van der Waals surface area contributed by atoms with E-state index in [0.717, 1.165) is 30.0 Å². The van der Waals surface area contributed by atoms with Crippen LogP contribution in [-0.2, 0) is 25.9 Å². The molecule has 1 atom stereocenters. The lowest BCUT2D eigenvalue weighted by Gasteiger charge is -2.29. The lowest BCUT2D eigenvalue weighted by molar-refractivity contribution is -0.384. The molecule has 0 aliphatic carbocycles. The number of non-ortho nitro benzene ring substituents is 1. The van der Waals surface area contributed by atoms with Crippen molar-refractivity contribution in [1.82, 2.24) is 23.6 Å². The van der Waals surface area contributed by atoms with E-state index in [2.05, 4.69) is 25.7 Å². The first kappa shape index (κ1) is 28.0. The summed E-state index contributed by atoms with van der Waals surface area (Å²) in [4.78, 5) is 45.3. The van der Waals surface area contributed by atoms with Gasteiger partial charge in [0.2, 0.25) is 0 Å². The molecule has 4 rings (SSSR count). The van der Waals surface area contributed by atoms with Crippen LogP contribution in [0, 0.1) is 10.1 Å². The van der Waals surface area contributed by atoms with E-state index < -0.39 is 4.92 Å². The molecule has 206 valence electrons. The van der Waals surface area contributed by atoms with Crippen LogP contribution in [0.5, 0.6) is 0 Å². The summed E-state index contributed by atoms with van der Waals surface area (Å²) in [6, 6.07) is 16.3. The normalized spacial score (nSPS) is 12.3. The van der Waals surface area contributed by atoms with Crippen molar-refractivity contribution < 1.29 is 4.92 Å². The van der Waals surface area contributed by atoms with Crippen LogP contribution in [-0.4, -0.2) is 41.6 Å². The Labute approximate surface area is 227 Å². The molecule has 0 spiro atoms. The number of fused-ring (bicyclic) bond motifs is 1. The first-order chi connectivity index (χ1) is 18.8. The van der Waals surface area contributed by atoms with Gasteiger partial charge in [0.1, 0.15) is 5.82 Å². The summed E-state index contributed by atoms with van der Waals surface area (Å²) in [6.07, 6.45) is 1.47. The quantitative estimate of drug-likeness (QED) is 0.198. The van der Waals surface area contributed by atoms with Gasteiger partial charge in [-0.2, -0.15) is 0 Å². The van der Waals surface area contributed by atoms with Crippen molar-refractivity contribution in [1.29, 1.82) is 0 Å². The van der Waals surface area contributed by atoms with Crippen LogP contribution in [0.15, 0.2) is 64.2 Å². The third-order valence-electron chi connectivity index (χ3n) is 7.27. The van der Waals surface area contributed by atoms with Gasteiger partial charge in [-0.15, -0.1) is 0 Å². The van der Waals surface area contributed by atoms with Crippen LogP contribution in [0.1, 0.15) is 57.2 Å². The number of hydrogen-bond acceptors (Lipinski definition) is 6. The lowest BCUT2D eigenvalue weighted by atomic mass is 10.1. The molecule has 0 saturated heterocycles. The van der Waals surface area contributed by atoms with Gasteiger partial charge in [-0.1, -0.05) is 63.2 Å². The molecule has 0 amide bonds. The monoisotopic (exact) mass is 532 g/mol. The minimum Gasteiger partial charge on any atom is -0.306 e. The molecular weight excluding hydrogens is 496 g/mol. The molecule has 0 radical (unpaired) electrons. The van der Waals surface area contributed by atoms with Crippen LogP contribution >= 0.6 is 0 Å². The summed E-state index contributed by atoms with van der Waals surface area (Å²) in [6.45, 7) is 10.4. The highest BCUT2D eigenvalue weighted by molar-refractivity contribution is 5.71. The van der Waals surface area contributed by atoms with Crippen molar-refractivity contribution in [3.63, 3.8) is 0 Å². The molecule has 2 heterocycles. The minimum absolute atomic E-state index is 0.0180. The number of hydrogen-bond donors (Lipinski definition) is 0. The van der Waals surface area contributed by atoms with E-state index in [1.54, 1.807) is 16.7 Å². The molecule has 0 bridgehead atoms. The Morgan fingerprint density at radius 2 is 1.59 bits per heavy atom. The predicted molar refractivity (Wildman–Crippen MR) is 152 cm³/mol. The number of rotatable bonds is 12. The molecule has 0 aliphatic rings. The number of aromatic nitrogens is 4. The molecule has 10 heteroatoms. The van der Waals surface area contributed by atoms with Gasteiger partial charge in [-0.25, -0.2) is 9.78 Å². The summed E-state index contributed by atoms with van der Waals surface area (Å²) in [5, 5.41) is 11.0. The SMILES string of the molecule is CCCn1c(=O)c2c(nc(Cc3ccccc3)n2C(C)N(CC)CC)n(CCc2ccc([N+](=O)[O-])cc2)c1=O. The van der Waals surface area contributed by atoms with Crippen molar-refractivity contribution in [3.8, 4) is 0 Å². The highest BCUT2D eigenvalue weighted by Crippen LogP contribution is 2.23. The Kier molecular flexibility index (Phi) is 8.75. The molecule has 0 aliphatic heterocycles. The Balaban J connectivity index is 1.91. The number of nitrogens with zero attached hydrogens (tertiary/aromatic N) is 6. The lowest BCUT2D eigenvalue weighted by Crippen LogP contribution is -2.41. The summed E-state index contributed by atoms with van der Waals surface area (Å²) in [7, 11) is 0. The maximum absolute atomic E-state index is 13.9. The largest absolute Gasteiger partial charge is 0.332 e. The molecule has 4 aromatic rings. The van der Waals surface area contributed by atoms with E-state index in [-0.39, 0.29) is 23.1 Å². The zero-order valence-corrected chi connectivity index (χ0v) is 23.0. The summed E-state index contributed by atoms with van der Waals surface area (Å²) < 4.78 is 4.91. The fourth-order valence-corrected chi connectivity index (χ4v) is 5.17.